The second kappa shape index (κ2) is 6.07. The van der Waals surface area contributed by atoms with E-state index in [1.807, 2.05) is 0 Å². The molecule has 5 aliphatic carbocycles. The third kappa shape index (κ3) is 2.36. The molecule has 1 heterocycles. The number of aliphatic hydroxyl groups is 1. The van der Waals surface area contributed by atoms with Crippen LogP contribution in [0, 0.1) is 50.2 Å². The summed E-state index contributed by atoms with van der Waals surface area (Å²) in [6, 6.07) is 0. The van der Waals surface area contributed by atoms with Crippen molar-refractivity contribution in [2.75, 3.05) is 0 Å². The van der Waals surface area contributed by atoms with Crippen molar-refractivity contribution in [1.82, 2.24) is 0 Å². The van der Waals surface area contributed by atoms with E-state index in [9.17, 15) is 5.11 Å². The molecule has 0 radical (unpaired) electrons. The van der Waals surface area contributed by atoms with Crippen molar-refractivity contribution in [2.45, 2.75) is 125 Å². The topological polar surface area (TPSA) is 32.8 Å². The van der Waals surface area contributed by atoms with E-state index in [1.165, 1.54) is 44.9 Å². The summed E-state index contributed by atoms with van der Waals surface area (Å²) >= 11 is 0. The molecule has 0 amide bonds. The summed E-state index contributed by atoms with van der Waals surface area (Å²) in [5.41, 5.74) is 3.39. The highest BCUT2D eigenvalue weighted by Gasteiger charge is 2.77. The highest BCUT2D eigenvalue weighted by molar-refractivity contribution is 5.39. The summed E-state index contributed by atoms with van der Waals surface area (Å²) in [5, 5.41) is 10.9. The van der Waals surface area contributed by atoms with Crippen LogP contribution in [0.5, 0.6) is 0 Å². The van der Waals surface area contributed by atoms with Crippen LogP contribution >= 0.6 is 0 Å². The predicted molar refractivity (Wildman–Crippen MR) is 130 cm³/mol. The van der Waals surface area contributed by atoms with Gasteiger partial charge in [-0.05, 0) is 90.8 Å². The van der Waals surface area contributed by atoms with Gasteiger partial charge in [0.1, 0.15) is 0 Å². The van der Waals surface area contributed by atoms with Gasteiger partial charge in [-0.3, -0.25) is 0 Å². The monoisotopic (exact) mass is 440 g/mol. The van der Waals surface area contributed by atoms with Crippen molar-refractivity contribution in [2.24, 2.45) is 50.2 Å². The first kappa shape index (κ1) is 22.1. The fourth-order valence-corrected chi connectivity index (χ4v) is 11.0. The molecule has 5 fully saturated rings. The molecule has 0 bridgehead atoms. The lowest BCUT2D eigenvalue weighted by Gasteiger charge is -2.70. The number of hydrogen-bond acceptors (Lipinski definition) is 2. The van der Waals surface area contributed by atoms with E-state index in [0.29, 0.717) is 51.6 Å². The summed E-state index contributed by atoms with van der Waals surface area (Å²) in [5.74, 6) is 2.00. The fourth-order valence-electron chi connectivity index (χ4n) is 11.0. The molecule has 0 aromatic heterocycles. The normalized spacial score (nSPS) is 59.5. The van der Waals surface area contributed by atoms with Crippen molar-refractivity contribution in [3.63, 3.8) is 0 Å². The summed E-state index contributed by atoms with van der Waals surface area (Å²) in [4.78, 5) is 0. The van der Waals surface area contributed by atoms with Crippen LogP contribution in [0.3, 0.4) is 0 Å². The zero-order valence-corrected chi connectivity index (χ0v) is 22.1. The molecule has 0 spiro atoms. The van der Waals surface area contributed by atoms with Crippen LogP contribution in [0.1, 0.15) is 107 Å². The van der Waals surface area contributed by atoms with E-state index in [1.54, 1.807) is 5.57 Å². The summed E-state index contributed by atoms with van der Waals surface area (Å²) < 4.78 is 6.75. The Morgan fingerprint density at radius 1 is 0.812 bits per heavy atom. The average molecular weight is 441 g/mol. The minimum atomic E-state index is -0.147. The molecule has 1 N–H and O–H groups in total. The Kier molecular flexibility index (Phi) is 4.20. The first-order valence-electron chi connectivity index (χ1n) is 13.8. The van der Waals surface area contributed by atoms with E-state index < -0.39 is 0 Å². The first-order valence-corrected chi connectivity index (χ1v) is 13.8. The quantitative estimate of drug-likeness (QED) is 0.320. The molecule has 32 heavy (non-hydrogen) atoms. The Morgan fingerprint density at radius 3 is 2.25 bits per heavy atom. The van der Waals surface area contributed by atoms with Gasteiger partial charge in [0.25, 0.3) is 0 Å². The summed E-state index contributed by atoms with van der Waals surface area (Å²) in [6.45, 7) is 20.2. The maximum absolute atomic E-state index is 10.9. The number of rotatable bonds is 0. The highest BCUT2D eigenvalue weighted by atomic mass is 16.6. The molecule has 1 saturated heterocycles. The Bertz CT molecular complexity index is 870. The molecule has 2 nitrogen and oxygen atoms in total. The van der Waals surface area contributed by atoms with Gasteiger partial charge in [-0.15, -0.1) is 0 Å². The molecular formula is C30H48O2. The number of hydrogen-bond donors (Lipinski definition) is 1. The zero-order valence-electron chi connectivity index (χ0n) is 22.1. The molecule has 0 aromatic rings. The van der Waals surface area contributed by atoms with Crippen LogP contribution in [0.15, 0.2) is 11.6 Å². The van der Waals surface area contributed by atoms with Crippen LogP contribution in [0.2, 0.25) is 0 Å². The number of allylic oxidation sites excluding steroid dienone is 1. The highest BCUT2D eigenvalue weighted by Crippen LogP contribution is 2.78. The van der Waals surface area contributed by atoms with Crippen molar-refractivity contribution in [3.05, 3.63) is 11.6 Å². The zero-order chi connectivity index (χ0) is 23.1. The molecule has 0 unspecified atom stereocenters. The third-order valence-electron chi connectivity index (χ3n) is 13.4. The molecular weight excluding hydrogens is 392 g/mol. The molecule has 0 aromatic carbocycles. The van der Waals surface area contributed by atoms with Crippen molar-refractivity contribution < 1.29 is 9.84 Å². The van der Waals surface area contributed by atoms with Gasteiger partial charge >= 0.3 is 0 Å². The predicted octanol–water partition coefficient (Wildman–Crippen LogP) is 7.16. The van der Waals surface area contributed by atoms with E-state index >= 15 is 0 Å². The molecule has 4 saturated carbocycles. The average Bonchev–Trinajstić information content (AvgIpc) is 3.50. The van der Waals surface area contributed by atoms with Crippen LogP contribution in [-0.2, 0) is 4.74 Å². The SMILES string of the molecule is CC1(C)CC[C@]2(C)[C@@H]3O[C@@H]3[C@]3(C)C(=CC[C@@H]4[C@@]5(C)CC[C@H](O)C(C)(C)[C@@H]5CC[C@]43C)[C@@H]2C1. The van der Waals surface area contributed by atoms with Gasteiger partial charge in [-0.2, -0.15) is 0 Å². The van der Waals surface area contributed by atoms with Crippen molar-refractivity contribution in [1.29, 1.82) is 0 Å². The largest absolute Gasteiger partial charge is 0.393 e. The van der Waals surface area contributed by atoms with Gasteiger partial charge in [0.05, 0.1) is 18.3 Å². The minimum Gasteiger partial charge on any atom is -0.393 e. The number of epoxide rings is 1. The second-order valence-electron chi connectivity index (χ2n) is 15.4. The number of fused-ring (bicyclic) bond motifs is 10. The minimum absolute atomic E-state index is 0.0242. The molecule has 180 valence electrons. The fraction of sp³-hybridized carbons (Fsp3) is 0.933. The smallest absolute Gasteiger partial charge is 0.0943 e. The van der Waals surface area contributed by atoms with Crippen LogP contribution in [0.4, 0.5) is 0 Å². The van der Waals surface area contributed by atoms with Gasteiger partial charge in [-0.25, -0.2) is 0 Å². The number of ether oxygens (including phenoxy) is 1. The Labute approximate surface area is 197 Å². The lowest BCUT2D eigenvalue weighted by molar-refractivity contribution is -0.200. The summed E-state index contributed by atoms with van der Waals surface area (Å²) in [6.07, 6.45) is 13.4. The lowest BCUT2D eigenvalue weighted by atomic mass is 9.33. The molecule has 1 aliphatic heterocycles. The van der Waals surface area contributed by atoms with Crippen LogP contribution in [-0.4, -0.2) is 23.4 Å². The van der Waals surface area contributed by atoms with Crippen molar-refractivity contribution >= 4 is 0 Å². The standard InChI is InChI=1S/C30H48O2/c1-25(2)15-16-27(5)19(17-25)18-9-10-21-28(6)13-12-22(31)26(3,4)20(28)11-14-29(21,7)30(18,8)24-23(27)32-24/h9,19-24,31H,10-17H2,1-8H3/t19-,20-,21+,22-,23+,24-,27-,28-,29+,30-/m0/s1. The van der Waals surface area contributed by atoms with Crippen LogP contribution < -0.4 is 0 Å². The molecule has 10 atom stereocenters. The first-order chi connectivity index (χ1) is 14.7. The van der Waals surface area contributed by atoms with E-state index in [4.69, 9.17) is 4.74 Å². The lowest BCUT2D eigenvalue weighted by Crippen LogP contribution is -2.66. The molecule has 6 rings (SSSR count). The van der Waals surface area contributed by atoms with Gasteiger partial charge in [-0.1, -0.05) is 67.0 Å². The molecule has 2 heteroatoms. The maximum Gasteiger partial charge on any atom is 0.0943 e. The van der Waals surface area contributed by atoms with Gasteiger partial charge in [0.15, 0.2) is 0 Å². The van der Waals surface area contributed by atoms with Gasteiger partial charge in [0.2, 0.25) is 0 Å². The Hall–Kier alpha value is -0.340. The maximum atomic E-state index is 10.9. The van der Waals surface area contributed by atoms with E-state index in [-0.39, 0.29) is 16.9 Å². The van der Waals surface area contributed by atoms with Gasteiger partial charge in [0, 0.05) is 10.8 Å². The third-order valence-corrected chi connectivity index (χ3v) is 13.4. The van der Waals surface area contributed by atoms with E-state index in [2.05, 4.69) is 61.5 Å². The Balaban J connectivity index is 1.46. The second-order valence-corrected chi connectivity index (χ2v) is 15.4. The van der Waals surface area contributed by atoms with Gasteiger partial charge < -0.3 is 9.84 Å². The van der Waals surface area contributed by atoms with E-state index in [0.717, 1.165) is 6.42 Å². The summed E-state index contributed by atoms with van der Waals surface area (Å²) in [7, 11) is 0. The molecule has 6 aliphatic rings. The van der Waals surface area contributed by atoms with Crippen molar-refractivity contribution in [3.8, 4) is 0 Å². The Morgan fingerprint density at radius 2 is 1.53 bits per heavy atom. The number of aliphatic hydroxyl groups excluding tert-OH is 1. The van der Waals surface area contributed by atoms with Crippen LogP contribution in [0.25, 0.3) is 0 Å².